The Labute approximate surface area is 204 Å². The SMILES string of the molecule is Cc1ccc(-c2ccc(-c3cc(F)c(C(F)(F)Oc4c(C)c(F)c(F)c(F)c4F)c(F)c3)c(F)c2)cc1. The third kappa shape index (κ3) is 4.75. The van der Waals surface area contributed by atoms with E-state index in [2.05, 4.69) is 4.74 Å². The molecule has 0 fully saturated rings. The lowest BCUT2D eigenvalue weighted by Gasteiger charge is -2.22. The normalized spacial score (nSPS) is 11.6. The number of alkyl halides is 2. The lowest BCUT2D eigenvalue weighted by molar-refractivity contribution is -0.191. The second-order valence-electron chi connectivity index (χ2n) is 8.20. The van der Waals surface area contributed by atoms with E-state index >= 15 is 0 Å². The van der Waals surface area contributed by atoms with Crippen molar-refractivity contribution in [2.24, 2.45) is 0 Å². The average Bonchev–Trinajstić information content (AvgIpc) is 2.84. The smallest absolute Gasteiger partial charge is 0.425 e. The van der Waals surface area contributed by atoms with Crippen LogP contribution in [0.25, 0.3) is 22.3 Å². The maximum absolute atomic E-state index is 14.8. The highest BCUT2D eigenvalue weighted by Crippen LogP contribution is 2.40. The highest BCUT2D eigenvalue weighted by Gasteiger charge is 2.43. The van der Waals surface area contributed by atoms with Crippen molar-refractivity contribution in [2.75, 3.05) is 0 Å². The number of rotatable bonds is 5. The van der Waals surface area contributed by atoms with Crippen molar-refractivity contribution < 1.29 is 44.3 Å². The molecule has 0 bridgehead atoms. The van der Waals surface area contributed by atoms with Gasteiger partial charge in [-0.1, -0.05) is 42.0 Å². The molecule has 1 nitrogen and oxygen atoms in total. The summed E-state index contributed by atoms with van der Waals surface area (Å²) in [5, 5.41) is 0. The molecule has 0 aliphatic carbocycles. The lowest BCUT2D eigenvalue weighted by atomic mass is 9.98. The number of hydrogen-bond donors (Lipinski definition) is 0. The lowest BCUT2D eigenvalue weighted by Crippen LogP contribution is -2.26. The van der Waals surface area contributed by atoms with Gasteiger partial charge < -0.3 is 4.74 Å². The standard InChI is InChI=1S/C27H15F9O/c1-12-3-5-14(6-4-12)15-7-8-17(18(28)9-15)16-10-19(29)21(20(30)11-16)27(35,36)37-26-13(2)22(31)23(32)24(33)25(26)34/h3-11H,1-2H3. The molecule has 192 valence electrons. The Kier molecular flexibility index (Phi) is 6.70. The summed E-state index contributed by atoms with van der Waals surface area (Å²) in [5.41, 5.74) is -1.88. The van der Waals surface area contributed by atoms with Crippen LogP contribution in [0.4, 0.5) is 39.5 Å². The minimum atomic E-state index is -5.00. The molecule has 4 aromatic rings. The summed E-state index contributed by atoms with van der Waals surface area (Å²) in [7, 11) is 0. The molecule has 0 aliphatic rings. The van der Waals surface area contributed by atoms with Gasteiger partial charge in [0.15, 0.2) is 17.4 Å². The molecule has 10 heteroatoms. The third-order valence-electron chi connectivity index (χ3n) is 5.68. The molecule has 0 aromatic heterocycles. The predicted octanol–water partition coefficient (Wildman–Crippen LogP) is 8.74. The Morgan fingerprint density at radius 2 is 1.08 bits per heavy atom. The van der Waals surface area contributed by atoms with Crippen LogP contribution in [0.3, 0.4) is 0 Å². The Morgan fingerprint density at radius 3 is 1.65 bits per heavy atom. The zero-order valence-corrected chi connectivity index (χ0v) is 19.0. The summed E-state index contributed by atoms with van der Waals surface area (Å²) in [6, 6.07) is 11.6. The van der Waals surface area contributed by atoms with Crippen molar-refractivity contribution in [3.8, 4) is 28.0 Å². The second-order valence-corrected chi connectivity index (χ2v) is 8.20. The van der Waals surface area contributed by atoms with Crippen molar-refractivity contribution in [3.05, 3.63) is 112 Å². The van der Waals surface area contributed by atoms with Crippen LogP contribution in [0.2, 0.25) is 0 Å². The summed E-state index contributed by atoms with van der Waals surface area (Å²) in [4.78, 5) is 0. The number of halogens is 9. The molecule has 0 heterocycles. The van der Waals surface area contributed by atoms with E-state index < -0.39 is 69.3 Å². The largest absolute Gasteiger partial charge is 0.432 e. The van der Waals surface area contributed by atoms with Crippen LogP contribution >= 0.6 is 0 Å². The van der Waals surface area contributed by atoms with Crippen LogP contribution in [-0.2, 0) is 6.11 Å². The zero-order valence-electron chi connectivity index (χ0n) is 19.0. The highest BCUT2D eigenvalue weighted by molar-refractivity contribution is 5.71. The summed E-state index contributed by atoms with van der Waals surface area (Å²) in [5.74, 6) is -15.6. The topological polar surface area (TPSA) is 9.23 Å². The van der Waals surface area contributed by atoms with E-state index in [4.69, 9.17) is 0 Å². The molecule has 4 aromatic carbocycles. The average molecular weight is 526 g/mol. The first-order valence-corrected chi connectivity index (χ1v) is 10.6. The van der Waals surface area contributed by atoms with Gasteiger partial charge in [-0.2, -0.15) is 13.2 Å². The first kappa shape index (κ1) is 26.1. The quantitative estimate of drug-likeness (QED) is 0.144. The van der Waals surface area contributed by atoms with Gasteiger partial charge in [0.25, 0.3) is 0 Å². The predicted molar refractivity (Wildman–Crippen MR) is 117 cm³/mol. The molecule has 0 atom stereocenters. The minimum Gasteiger partial charge on any atom is -0.425 e. The van der Waals surface area contributed by atoms with Crippen LogP contribution in [0.5, 0.6) is 5.75 Å². The molecule has 0 unspecified atom stereocenters. The van der Waals surface area contributed by atoms with Crippen molar-refractivity contribution in [1.82, 2.24) is 0 Å². The zero-order chi connectivity index (χ0) is 27.2. The van der Waals surface area contributed by atoms with Gasteiger partial charge in [-0.3, -0.25) is 0 Å². The number of ether oxygens (including phenoxy) is 1. The van der Waals surface area contributed by atoms with E-state index in [0.29, 0.717) is 30.2 Å². The van der Waals surface area contributed by atoms with Gasteiger partial charge >= 0.3 is 6.11 Å². The van der Waals surface area contributed by atoms with Gasteiger partial charge in [0.05, 0.1) is 0 Å². The Bertz CT molecular complexity index is 1460. The molecule has 0 N–H and O–H groups in total. The van der Waals surface area contributed by atoms with Gasteiger partial charge in [-0.05, 0) is 48.7 Å². The van der Waals surface area contributed by atoms with Gasteiger partial charge in [-0.25, -0.2) is 26.3 Å². The van der Waals surface area contributed by atoms with E-state index in [0.717, 1.165) is 11.6 Å². The van der Waals surface area contributed by atoms with Crippen LogP contribution in [0.1, 0.15) is 16.7 Å². The summed E-state index contributed by atoms with van der Waals surface area (Å²) >= 11 is 0. The Morgan fingerprint density at radius 1 is 0.568 bits per heavy atom. The van der Waals surface area contributed by atoms with Crippen LogP contribution in [0, 0.1) is 54.6 Å². The van der Waals surface area contributed by atoms with Gasteiger partial charge in [0, 0.05) is 11.1 Å². The number of benzene rings is 4. The summed E-state index contributed by atoms with van der Waals surface area (Å²) < 4.78 is 132. The van der Waals surface area contributed by atoms with Crippen LogP contribution < -0.4 is 4.74 Å². The van der Waals surface area contributed by atoms with Crippen LogP contribution in [0.15, 0.2) is 54.6 Å². The molecule has 0 aliphatic heterocycles. The maximum atomic E-state index is 14.8. The van der Waals surface area contributed by atoms with Crippen molar-refractivity contribution in [2.45, 2.75) is 20.0 Å². The van der Waals surface area contributed by atoms with Crippen molar-refractivity contribution >= 4 is 0 Å². The molecule has 0 amide bonds. The van der Waals surface area contributed by atoms with E-state index in [9.17, 15) is 39.5 Å². The highest BCUT2D eigenvalue weighted by atomic mass is 19.3. The first-order valence-electron chi connectivity index (χ1n) is 10.6. The maximum Gasteiger partial charge on any atom is 0.432 e. The summed E-state index contributed by atoms with van der Waals surface area (Å²) in [6.45, 7) is 2.47. The third-order valence-corrected chi connectivity index (χ3v) is 5.68. The van der Waals surface area contributed by atoms with Crippen molar-refractivity contribution in [1.29, 1.82) is 0 Å². The Hall–Kier alpha value is -3.95. The van der Waals surface area contributed by atoms with Crippen LogP contribution in [-0.4, -0.2) is 0 Å². The van der Waals surface area contributed by atoms with E-state index in [1.165, 1.54) is 12.1 Å². The van der Waals surface area contributed by atoms with E-state index in [-0.39, 0.29) is 5.56 Å². The second kappa shape index (κ2) is 9.49. The number of hydrogen-bond acceptors (Lipinski definition) is 1. The Balaban J connectivity index is 1.71. The van der Waals surface area contributed by atoms with Gasteiger partial charge in [0.2, 0.25) is 11.6 Å². The first-order chi connectivity index (χ1) is 17.3. The van der Waals surface area contributed by atoms with Gasteiger partial charge in [0.1, 0.15) is 23.0 Å². The minimum absolute atomic E-state index is 0.311. The molecule has 4 rings (SSSR count). The molecular formula is C27H15F9O. The molecule has 0 spiro atoms. The van der Waals surface area contributed by atoms with E-state index in [1.54, 1.807) is 24.3 Å². The van der Waals surface area contributed by atoms with Crippen molar-refractivity contribution in [3.63, 3.8) is 0 Å². The fourth-order valence-corrected chi connectivity index (χ4v) is 3.70. The molecule has 0 saturated heterocycles. The van der Waals surface area contributed by atoms with Gasteiger partial charge in [-0.15, -0.1) is 0 Å². The molecule has 0 saturated carbocycles. The monoisotopic (exact) mass is 526 g/mol. The molecule has 37 heavy (non-hydrogen) atoms. The number of aryl methyl sites for hydroxylation is 1. The summed E-state index contributed by atoms with van der Waals surface area (Å²) in [6.07, 6.45) is -5.00. The fraction of sp³-hybridized carbons (Fsp3) is 0.111. The fourth-order valence-electron chi connectivity index (χ4n) is 3.70. The molecule has 0 radical (unpaired) electrons. The van der Waals surface area contributed by atoms with E-state index in [1.807, 2.05) is 6.92 Å². The molecular weight excluding hydrogens is 511 g/mol.